The fourth-order valence-electron chi connectivity index (χ4n) is 3.14. The molecule has 0 aliphatic carbocycles. The van der Waals surface area contributed by atoms with Crippen LogP contribution in [0.3, 0.4) is 0 Å². The molecule has 0 saturated carbocycles. The summed E-state index contributed by atoms with van der Waals surface area (Å²) >= 11 is 0. The quantitative estimate of drug-likeness (QED) is 0.810. The molecule has 8 nitrogen and oxygen atoms in total. The minimum atomic E-state index is -2.99. The van der Waals surface area contributed by atoms with Crippen molar-refractivity contribution in [2.45, 2.75) is 33.2 Å². The number of anilines is 1. The fourth-order valence-corrected chi connectivity index (χ4v) is 4.84. The fraction of sp³-hybridized carbons (Fsp3) is 0.438. The van der Waals surface area contributed by atoms with Crippen LogP contribution in [0, 0.1) is 20.8 Å². The summed E-state index contributed by atoms with van der Waals surface area (Å²) < 4.78 is 26.3. The molecule has 1 atom stereocenters. The normalized spacial score (nSPS) is 19.7. The molecule has 0 aromatic carbocycles. The summed E-state index contributed by atoms with van der Waals surface area (Å²) in [6, 6.07) is 2.98. The van der Waals surface area contributed by atoms with Gasteiger partial charge < -0.3 is 5.73 Å². The summed E-state index contributed by atoms with van der Waals surface area (Å²) in [6.07, 6.45) is 2.11. The highest BCUT2D eigenvalue weighted by Crippen LogP contribution is 2.26. The van der Waals surface area contributed by atoms with Crippen molar-refractivity contribution in [2.24, 2.45) is 5.10 Å². The van der Waals surface area contributed by atoms with Gasteiger partial charge in [0.15, 0.2) is 9.84 Å². The van der Waals surface area contributed by atoms with Crippen molar-refractivity contribution in [1.29, 1.82) is 0 Å². The van der Waals surface area contributed by atoms with E-state index in [4.69, 9.17) is 5.73 Å². The van der Waals surface area contributed by atoms with E-state index >= 15 is 0 Å². The SMILES string of the molecule is Cc1cc(N)n(N=Cc2c(C)nn([C@@H]3CCS(=O)(=O)C3)c2C)c(=O)c1. The molecule has 3 heterocycles. The molecule has 2 aromatic heterocycles. The third-order valence-electron chi connectivity index (χ3n) is 4.42. The van der Waals surface area contributed by atoms with E-state index in [1.165, 1.54) is 6.07 Å². The lowest BCUT2D eigenvalue weighted by molar-refractivity contribution is 0.486. The first-order chi connectivity index (χ1) is 11.7. The Morgan fingerprint density at radius 1 is 1.32 bits per heavy atom. The second kappa shape index (κ2) is 6.14. The van der Waals surface area contributed by atoms with Gasteiger partial charge in [-0.3, -0.25) is 9.48 Å². The lowest BCUT2D eigenvalue weighted by Gasteiger charge is -2.10. The third kappa shape index (κ3) is 3.37. The van der Waals surface area contributed by atoms with Crippen LogP contribution < -0.4 is 11.3 Å². The summed E-state index contributed by atoms with van der Waals surface area (Å²) in [5, 5.41) is 8.66. The number of hydrogen-bond acceptors (Lipinski definition) is 6. The molecule has 0 unspecified atom stereocenters. The Labute approximate surface area is 145 Å². The number of sulfone groups is 1. The molecule has 0 radical (unpaired) electrons. The molecule has 134 valence electrons. The van der Waals surface area contributed by atoms with Crippen LogP contribution in [0.5, 0.6) is 0 Å². The van der Waals surface area contributed by atoms with E-state index in [9.17, 15) is 13.2 Å². The zero-order valence-electron chi connectivity index (χ0n) is 14.4. The smallest absolute Gasteiger partial charge is 0.273 e. The van der Waals surface area contributed by atoms with E-state index in [1.54, 1.807) is 23.9 Å². The average Bonchev–Trinajstić information content (AvgIpc) is 2.99. The average molecular weight is 363 g/mol. The molecule has 1 aliphatic heterocycles. The molecule has 0 bridgehead atoms. The number of nitrogens with two attached hydrogens (primary N) is 1. The molecular formula is C16H21N5O3S. The molecule has 2 aromatic rings. The predicted molar refractivity (Wildman–Crippen MR) is 96.9 cm³/mol. The molecule has 1 aliphatic rings. The second-order valence-corrected chi connectivity index (χ2v) is 8.67. The first-order valence-electron chi connectivity index (χ1n) is 7.97. The van der Waals surface area contributed by atoms with Crippen LogP contribution >= 0.6 is 0 Å². The lowest BCUT2D eigenvalue weighted by Crippen LogP contribution is -2.19. The maximum atomic E-state index is 12.0. The number of hydrogen-bond donors (Lipinski definition) is 1. The zero-order valence-corrected chi connectivity index (χ0v) is 15.2. The highest BCUT2D eigenvalue weighted by atomic mass is 32.2. The van der Waals surface area contributed by atoms with Crippen molar-refractivity contribution in [2.75, 3.05) is 17.2 Å². The van der Waals surface area contributed by atoms with Crippen molar-refractivity contribution in [3.8, 4) is 0 Å². The van der Waals surface area contributed by atoms with Crippen molar-refractivity contribution < 1.29 is 8.42 Å². The van der Waals surface area contributed by atoms with Crippen molar-refractivity contribution in [1.82, 2.24) is 14.5 Å². The van der Waals surface area contributed by atoms with E-state index in [0.29, 0.717) is 6.42 Å². The van der Waals surface area contributed by atoms with Crippen LogP contribution in [-0.4, -0.2) is 40.6 Å². The second-order valence-electron chi connectivity index (χ2n) is 6.44. The van der Waals surface area contributed by atoms with Crippen LogP contribution in [0.4, 0.5) is 5.82 Å². The number of nitrogens with zero attached hydrogens (tertiary/aromatic N) is 4. The van der Waals surface area contributed by atoms with Gasteiger partial charge >= 0.3 is 0 Å². The highest BCUT2D eigenvalue weighted by molar-refractivity contribution is 7.91. The monoisotopic (exact) mass is 363 g/mol. The first-order valence-corrected chi connectivity index (χ1v) is 9.80. The van der Waals surface area contributed by atoms with Gasteiger partial charge in [-0.2, -0.15) is 14.9 Å². The van der Waals surface area contributed by atoms with E-state index < -0.39 is 9.84 Å². The summed E-state index contributed by atoms with van der Waals surface area (Å²) in [5.74, 6) is 0.552. The number of pyridine rings is 1. The molecule has 0 spiro atoms. The lowest BCUT2D eigenvalue weighted by atomic mass is 10.2. The van der Waals surface area contributed by atoms with Crippen LogP contribution in [0.1, 0.15) is 35.0 Å². The maximum absolute atomic E-state index is 12.0. The van der Waals surface area contributed by atoms with Gasteiger partial charge in [-0.05, 0) is 38.8 Å². The Hall–Kier alpha value is -2.42. The topological polar surface area (TPSA) is 112 Å². The van der Waals surface area contributed by atoms with Gasteiger partial charge in [0.2, 0.25) is 0 Å². The first kappa shape index (κ1) is 17.4. The van der Waals surface area contributed by atoms with Gasteiger partial charge in [-0.25, -0.2) is 8.42 Å². The van der Waals surface area contributed by atoms with Crippen LogP contribution in [0.15, 0.2) is 22.0 Å². The third-order valence-corrected chi connectivity index (χ3v) is 6.17. The molecule has 1 saturated heterocycles. The molecule has 2 N–H and O–H groups in total. The van der Waals surface area contributed by atoms with Gasteiger partial charge in [-0.15, -0.1) is 0 Å². The maximum Gasteiger partial charge on any atom is 0.273 e. The van der Waals surface area contributed by atoms with E-state index in [2.05, 4.69) is 10.2 Å². The minimum absolute atomic E-state index is 0.107. The number of aromatic nitrogens is 3. The molecule has 25 heavy (non-hydrogen) atoms. The molecular weight excluding hydrogens is 342 g/mol. The predicted octanol–water partition coefficient (Wildman–Crippen LogP) is 0.794. The molecule has 3 rings (SSSR count). The summed E-state index contributed by atoms with van der Waals surface area (Å²) in [6.45, 7) is 5.49. The van der Waals surface area contributed by atoms with Crippen molar-refractivity contribution in [3.05, 3.63) is 45.0 Å². The molecule has 1 fully saturated rings. The summed E-state index contributed by atoms with van der Waals surface area (Å²) in [4.78, 5) is 12.0. The Kier molecular flexibility index (Phi) is 4.28. The summed E-state index contributed by atoms with van der Waals surface area (Å²) in [7, 11) is -2.99. The Bertz CT molecular complexity index is 1020. The Morgan fingerprint density at radius 3 is 2.64 bits per heavy atom. The number of aryl methyl sites for hydroxylation is 2. The minimum Gasteiger partial charge on any atom is -0.384 e. The number of nitrogen functional groups attached to an aromatic ring is 1. The van der Waals surface area contributed by atoms with Gasteiger partial charge in [0, 0.05) is 17.3 Å². The Morgan fingerprint density at radius 2 is 2.04 bits per heavy atom. The highest BCUT2D eigenvalue weighted by Gasteiger charge is 2.31. The van der Waals surface area contributed by atoms with Crippen LogP contribution in [-0.2, 0) is 9.84 Å². The zero-order chi connectivity index (χ0) is 18.4. The Balaban J connectivity index is 1.96. The van der Waals surface area contributed by atoms with Gasteiger partial charge in [0.25, 0.3) is 5.56 Å². The van der Waals surface area contributed by atoms with E-state index in [-0.39, 0.29) is 28.9 Å². The van der Waals surface area contributed by atoms with E-state index in [0.717, 1.165) is 27.2 Å². The van der Waals surface area contributed by atoms with Crippen molar-refractivity contribution >= 4 is 21.9 Å². The van der Waals surface area contributed by atoms with Gasteiger partial charge in [0.05, 0.1) is 29.5 Å². The van der Waals surface area contributed by atoms with Crippen LogP contribution in [0.2, 0.25) is 0 Å². The molecule has 9 heteroatoms. The van der Waals surface area contributed by atoms with Crippen LogP contribution in [0.25, 0.3) is 0 Å². The summed E-state index contributed by atoms with van der Waals surface area (Å²) in [5.41, 5.74) is 8.63. The molecule has 0 amide bonds. The van der Waals surface area contributed by atoms with Gasteiger partial charge in [0.1, 0.15) is 5.82 Å². The largest absolute Gasteiger partial charge is 0.384 e. The van der Waals surface area contributed by atoms with Crippen molar-refractivity contribution in [3.63, 3.8) is 0 Å². The van der Waals surface area contributed by atoms with E-state index in [1.807, 2.05) is 13.8 Å². The van der Waals surface area contributed by atoms with Gasteiger partial charge in [-0.1, -0.05) is 0 Å². The number of rotatable bonds is 3. The standard InChI is InChI=1S/C16H21N5O3S/c1-10-6-15(17)21(16(22)7-10)18-8-14-11(2)19-20(12(14)3)13-4-5-25(23,24)9-13/h6-8,13H,4-5,9,17H2,1-3H3/t13-/m1/s1.